The van der Waals surface area contributed by atoms with Gasteiger partial charge in [-0.3, -0.25) is 0 Å². The molecule has 1 aromatic rings. The Balaban J connectivity index is 3.30. The first-order valence-electron chi connectivity index (χ1n) is 3.23. The fourth-order valence-electron chi connectivity index (χ4n) is 0.750. The van der Waals surface area contributed by atoms with Crippen LogP contribution in [0, 0.1) is 0 Å². The van der Waals surface area contributed by atoms with Crippen LogP contribution in [0.3, 0.4) is 0 Å². The molecule has 0 atom stereocenters. The third kappa shape index (κ3) is 1.89. The number of ether oxygens (including phenoxy) is 1. The van der Waals surface area contributed by atoms with Crippen LogP contribution in [0.2, 0.25) is 0 Å². The van der Waals surface area contributed by atoms with Crippen molar-refractivity contribution in [3.8, 4) is 11.5 Å². The number of halogens is 1. The molecule has 0 saturated carbocycles. The van der Waals surface area contributed by atoms with Crippen molar-refractivity contribution in [2.24, 2.45) is 0 Å². The molecule has 0 aromatic carbocycles. The monoisotopic (exact) mass is 247 g/mol. The lowest BCUT2D eigenvalue weighted by atomic mass is 10.3. The minimum Gasteiger partial charge on any atom is -0.502 e. The van der Waals surface area contributed by atoms with Crippen LogP contribution in [0.25, 0.3) is 0 Å². The second kappa shape index (κ2) is 3.61. The molecule has 0 aliphatic rings. The van der Waals surface area contributed by atoms with E-state index in [0.717, 1.165) is 6.07 Å². The quantitative estimate of drug-likeness (QED) is 0.770. The van der Waals surface area contributed by atoms with Gasteiger partial charge in [0.15, 0.2) is 21.8 Å². The Kier molecular flexibility index (Phi) is 2.72. The van der Waals surface area contributed by atoms with Gasteiger partial charge in [-0.15, -0.1) is 0 Å². The summed E-state index contributed by atoms with van der Waals surface area (Å²) in [6, 6.07) is 1.14. The predicted octanol–water partition coefficient (Wildman–Crippen LogP) is 1.26. The third-order valence-electron chi connectivity index (χ3n) is 1.35. The number of carboxylic acids is 1. The molecule has 0 fully saturated rings. The van der Waals surface area contributed by atoms with Crippen LogP contribution in [-0.4, -0.2) is 28.3 Å². The number of pyridine rings is 1. The molecule has 0 unspecified atom stereocenters. The van der Waals surface area contributed by atoms with Crippen molar-refractivity contribution in [1.82, 2.24) is 4.98 Å². The first-order valence-corrected chi connectivity index (χ1v) is 4.02. The number of methoxy groups -OCH3 is 1. The number of hydrogen-bond donors (Lipinski definition) is 2. The molecule has 1 aromatic heterocycles. The highest BCUT2D eigenvalue weighted by Gasteiger charge is 2.13. The average Bonchev–Trinajstić information content (AvgIpc) is 2.09. The summed E-state index contributed by atoms with van der Waals surface area (Å²) >= 11 is 2.90. The Bertz CT molecular complexity index is 353. The van der Waals surface area contributed by atoms with E-state index in [-0.39, 0.29) is 21.8 Å². The van der Waals surface area contributed by atoms with E-state index in [4.69, 9.17) is 9.84 Å². The zero-order valence-corrected chi connectivity index (χ0v) is 8.20. The molecule has 0 saturated heterocycles. The number of hydrogen-bond acceptors (Lipinski definition) is 4. The summed E-state index contributed by atoms with van der Waals surface area (Å²) in [5, 5.41) is 17.9. The minimum absolute atomic E-state index is 0.0456. The SMILES string of the molecule is COc1cc(C(=O)O)nc(Br)c1O. The van der Waals surface area contributed by atoms with E-state index in [2.05, 4.69) is 20.9 Å². The predicted molar refractivity (Wildman–Crippen MR) is 47.1 cm³/mol. The summed E-state index contributed by atoms with van der Waals surface area (Å²) in [6.07, 6.45) is 0. The molecular weight excluding hydrogens is 242 g/mol. The fraction of sp³-hybridized carbons (Fsp3) is 0.143. The molecule has 0 radical (unpaired) electrons. The summed E-state index contributed by atoms with van der Waals surface area (Å²) in [4.78, 5) is 14.1. The molecular formula is C7H6BrNO4. The molecule has 0 amide bonds. The maximum atomic E-state index is 10.5. The Morgan fingerprint density at radius 3 is 2.77 bits per heavy atom. The number of aromatic carboxylic acids is 1. The van der Waals surface area contributed by atoms with Gasteiger partial charge in [0.2, 0.25) is 0 Å². The van der Waals surface area contributed by atoms with E-state index >= 15 is 0 Å². The number of rotatable bonds is 2. The smallest absolute Gasteiger partial charge is 0.354 e. The molecule has 0 aliphatic carbocycles. The van der Waals surface area contributed by atoms with Crippen LogP contribution in [0.15, 0.2) is 10.7 Å². The maximum absolute atomic E-state index is 10.5. The van der Waals surface area contributed by atoms with Gasteiger partial charge in [0.1, 0.15) is 0 Å². The summed E-state index contributed by atoms with van der Waals surface area (Å²) in [5.41, 5.74) is -0.193. The van der Waals surface area contributed by atoms with Crippen molar-refractivity contribution in [3.05, 3.63) is 16.4 Å². The molecule has 1 heterocycles. The zero-order chi connectivity index (χ0) is 10.0. The summed E-state index contributed by atoms with van der Waals surface area (Å²) < 4.78 is 4.78. The fourth-order valence-corrected chi connectivity index (χ4v) is 1.14. The molecule has 0 bridgehead atoms. The standard InChI is InChI=1S/C7H6BrNO4/c1-13-4-2-3(7(11)12)9-6(8)5(4)10/h2,10H,1H3,(H,11,12). The highest BCUT2D eigenvalue weighted by Crippen LogP contribution is 2.32. The highest BCUT2D eigenvalue weighted by atomic mass is 79.9. The van der Waals surface area contributed by atoms with Gasteiger partial charge in [0.05, 0.1) is 7.11 Å². The van der Waals surface area contributed by atoms with Crippen LogP contribution in [0.1, 0.15) is 10.5 Å². The molecule has 1 rings (SSSR count). The lowest BCUT2D eigenvalue weighted by Crippen LogP contribution is -2.01. The molecule has 0 spiro atoms. The Hall–Kier alpha value is -1.30. The van der Waals surface area contributed by atoms with Gasteiger partial charge < -0.3 is 14.9 Å². The number of carbonyl (C=O) groups is 1. The van der Waals surface area contributed by atoms with E-state index in [0.29, 0.717) is 0 Å². The van der Waals surface area contributed by atoms with Crippen molar-refractivity contribution in [1.29, 1.82) is 0 Å². The maximum Gasteiger partial charge on any atom is 0.354 e. The third-order valence-corrected chi connectivity index (χ3v) is 1.91. The topological polar surface area (TPSA) is 79.7 Å². The van der Waals surface area contributed by atoms with Gasteiger partial charge in [0.25, 0.3) is 0 Å². The first kappa shape index (κ1) is 9.79. The lowest BCUT2D eigenvalue weighted by Gasteiger charge is -2.04. The van der Waals surface area contributed by atoms with E-state index in [9.17, 15) is 9.90 Å². The van der Waals surface area contributed by atoms with Gasteiger partial charge in [0, 0.05) is 6.07 Å². The van der Waals surface area contributed by atoms with Gasteiger partial charge >= 0.3 is 5.97 Å². The second-order valence-corrected chi connectivity index (χ2v) is 2.91. The molecule has 13 heavy (non-hydrogen) atoms. The Morgan fingerprint density at radius 2 is 2.31 bits per heavy atom. The Labute approximate surface area is 82.1 Å². The van der Waals surface area contributed by atoms with E-state index in [1.807, 2.05) is 0 Å². The molecule has 70 valence electrons. The van der Waals surface area contributed by atoms with Crippen molar-refractivity contribution in [2.75, 3.05) is 7.11 Å². The molecule has 2 N–H and O–H groups in total. The second-order valence-electron chi connectivity index (χ2n) is 2.15. The Morgan fingerprint density at radius 1 is 1.69 bits per heavy atom. The van der Waals surface area contributed by atoms with E-state index < -0.39 is 5.97 Å². The van der Waals surface area contributed by atoms with Crippen molar-refractivity contribution in [3.63, 3.8) is 0 Å². The van der Waals surface area contributed by atoms with Crippen molar-refractivity contribution >= 4 is 21.9 Å². The van der Waals surface area contributed by atoms with E-state index in [1.54, 1.807) is 0 Å². The van der Waals surface area contributed by atoms with Crippen LogP contribution >= 0.6 is 15.9 Å². The van der Waals surface area contributed by atoms with E-state index in [1.165, 1.54) is 7.11 Å². The van der Waals surface area contributed by atoms with Crippen molar-refractivity contribution < 1.29 is 19.7 Å². The summed E-state index contributed by atoms with van der Waals surface area (Å²) in [5.74, 6) is -1.33. The van der Waals surface area contributed by atoms with Crippen LogP contribution in [-0.2, 0) is 0 Å². The number of nitrogens with zero attached hydrogens (tertiary/aromatic N) is 1. The molecule has 5 nitrogen and oxygen atoms in total. The van der Waals surface area contributed by atoms with Crippen molar-refractivity contribution in [2.45, 2.75) is 0 Å². The van der Waals surface area contributed by atoms with Gasteiger partial charge in [-0.05, 0) is 15.9 Å². The largest absolute Gasteiger partial charge is 0.502 e. The molecule has 0 aliphatic heterocycles. The summed E-state index contributed by atoms with van der Waals surface area (Å²) in [6.45, 7) is 0. The van der Waals surface area contributed by atoms with Crippen LogP contribution in [0.5, 0.6) is 11.5 Å². The highest BCUT2D eigenvalue weighted by molar-refractivity contribution is 9.10. The molecule has 6 heteroatoms. The number of aromatic nitrogens is 1. The number of aromatic hydroxyl groups is 1. The zero-order valence-electron chi connectivity index (χ0n) is 6.61. The van der Waals surface area contributed by atoms with Gasteiger partial charge in [-0.25, -0.2) is 9.78 Å². The first-order chi connectivity index (χ1) is 6.06. The lowest BCUT2D eigenvalue weighted by molar-refractivity contribution is 0.0689. The normalized spacial score (nSPS) is 9.69. The average molecular weight is 248 g/mol. The van der Waals surface area contributed by atoms with Crippen LogP contribution < -0.4 is 4.74 Å². The van der Waals surface area contributed by atoms with Crippen LogP contribution in [0.4, 0.5) is 0 Å². The van der Waals surface area contributed by atoms with Gasteiger partial charge in [-0.2, -0.15) is 0 Å². The van der Waals surface area contributed by atoms with Gasteiger partial charge in [-0.1, -0.05) is 0 Å². The number of carboxylic acid groups (broad SMARTS) is 1. The minimum atomic E-state index is -1.18. The summed E-state index contributed by atoms with van der Waals surface area (Å²) in [7, 11) is 1.33.